The van der Waals surface area contributed by atoms with Gasteiger partial charge in [-0.2, -0.15) is 5.26 Å². The van der Waals surface area contributed by atoms with Crippen molar-refractivity contribution in [1.82, 2.24) is 19.9 Å². The van der Waals surface area contributed by atoms with Crippen LogP contribution in [0.3, 0.4) is 0 Å². The number of likely N-dealkylation sites (tertiary alicyclic amines) is 1. The molecule has 0 aromatic carbocycles. The van der Waals surface area contributed by atoms with Crippen molar-refractivity contribution >= 4 is 29.2 Å². The highest BCUT2D eigenvalue weighted by atomic mass is 35.5. The minimum atomic E-state index is -0.638. The van der Waals surface area contributed by atoms with Crippen LogP contribution >= 0.6 is 11.6 Å². The number of pyridine rings is 1. The van der Waals surface area contributed by atoms with Gasteiger partial charge in [-0.05, 0) is 13.8 Å². The van der Waals surface area contributed by atoms with E-state index in [9.17, 15) is 14.4 Å². The van der Waals surface area contributed by atoms with Gasteiger partial charge in [-0.1, -0.05) is 11.6 Å². The Labute approximate surface area is 177 Å². The summed E-state index contributed by atoms with van der Waals surface area (Å²) in [6.45, 7) is 4.53. The van der Waals surface area contributed by atoms with Crippen LogP contribution in [0.5, 0.6) is 5.88 Å². The second-order valence-corrected chi connectivity index (χ2v) is 7.25. The number of hydrogen-bond donors (Lipinski definition) is 1. The first-order valence-corrected chi connectivity index (χ1v) is 9.70. The number of amides is 1. The molecule has 3 rings (SSSR count). The van der Waals surface area contributed by atoms with E-state index in [-0.39, 0.29) is 46.4 Å². The summed E-state index contributed by atoms with van der Waals surface area (Å²) in [7, 11) is 0. The molecule has 0 radical (unpaired) electrons. The third kappa shape index (κ3) is 5.24. The second-order valence-electron chi connectivity index (χ2n) is 6.86. The summed E-state index contributed by atoms with van der Waals surface area (Å²) in [5, 5.41) is 12.3. The molecule has 0 unspecified atom stereocenters. The van der Waals surface area contributed by atoms with Crippen LogP contribution in [0.4, 0.5) is 20.7 Å². The topological polar surface area (TPSA) is 113 Å². The van der Waals surface area contributed by atoms with Gasteiger partial charge in [-0.15, -0.1) is 0 Å². The molecule has 11 heteroatoms. The zero-order valence-corrected chi connectivity index (χ0v) is 17.2. The van der Waals surface area contributed by atoms with Crippen molar-refractivity contribution in [3.63, 3.8) is 0 Å². The Balaban J connectivity index is 1.68. The summed E-state index contributed by atoms with van der Waals surface area (Å²) >= 11 is 5.66. The smallest absolute Gasteiger partial charge is 0.410 e. The molecular weight excluding hydrogens is 415 g/mol. The normalized spacial score (nSPS) is 14.3. The molecular formula is C19H20ClFN6O3. The van der Waals surface area contributed by atoms with Crippen LogP contribution < -0.4 is 10.1 Å². The predicted octanol–water partition coefficient (Wildman–Crippen LogP) is 3.67. The van der Waals surface area contributed by atoms with Crippen LogP contribution in [0.2, 0.25) is 5.15 Å². The van der Waals surface area contributed by atoms with E-state index < -0.39 is 5.82 Å². The van der Waals surface area contributed by atoms with Gasteiger partial charge in [0.2, 0.25) is 5.88 Å². The van der Waals surface area contributed by atoms with Gasteiger partial charge in [0.15, 0.2) is 17.2 Å². The van der Waals surface area contributed by atoms with E-state index in [1.807, 2.05) is 6.07 Å². The predicted molar refractivity (Wildman–Crippen MR) is 106 cm³/mol. The van der Waals surface area contributed by atoms with E-state index in [1.165, 1.54) is 12.5 Å². The highest BCUT2D eigenvalue weighted by Crippen LogP contribution is 2.28. The first kappa shape index (κ1) is 21.5. The lowest BCUT2D eigenvalue weighted by Crippen LogP contribution is -2.42. The standard InChI is InChI=1S/C19H20ClFN6O3/c1-11(2)29-19(28)27-5-3-12(4-6-27)30-18-13(8-22)17(24-10-25-18)26-15-9-23-16(20)7-14(15)21/h7,9-12H,3-6H2,1-2H3,(H,24,25,26). The number of hydrogen-bond acceptors (Lipinski definition) is 8. The van der Waals surface area contributed by atoms with E-state index in [2.05, 4.69) is 20.3 Å². The van der Waals surface area contributed by atoms with Gasteiger partial charge in [0.1, 0.15) is 23.7 Å². The lowest BCUT2D eigenvalue weighted by atomic mass is 10.1. The lowest BCUT2D eigenvalue weighted by molar-refractivity contribution is 0.0506. The molecule has 158 valence electrons. The van der Waals surface area contributed by atoms with Crippen molar-refractivity contribution in [3.05, 3.63) is 35.1 Å². The second kappa shape index (κ2) is 9.54. The van der Waals surface area contributed by atoms with E-state index in [0.717, 1.165) is 6.07 Å². The Hall–Kier alpha value is -3.19. The van der Waals surface area contributed by atoms with Gasteiger partial charge < -0.3 is 19.7 Å². The third-order valence-corrected chi connectivity index (χ3v) is 4.52. The highest BCUT2D eigenvalue weighted by Gasteiger charge is 2.27. The first-order valence-electron chi connectivity index (χ1n) is 9.32. The maximum Gasteiger partial charge on any atom is 0.410 e. The number of carbonyl (C=O) groups excluding carboxylic acids is 1. The molecule has 0 aliphatic carbocycles. The van der Waals surface area contributed by atoms with Gasteiger partial charge in [-0.3, -0.25) is 0 Å². The first-order chi connectivity index (χ1) is 14.4. The Morgan fingerprint density at radius 3 is 2.73 bits per heavy atom. The molecule has 0 saturated carbocycles. The highest BCUT2D eigenvalue weighted by molar-refractivity contribution is 6.29. The van der Waals surface area contributed by atoms with Crippen molar-refractivity contribution in [3.8, 4) is 11.9 Å². The van der Waals surface area contributed by atoms with Crippen LogP contribution in [0.1, 0.15) is 32.3 Å². The number of ether oxygens (including phenoxy) is 2. The Morgan fingerprint density at radius 1 is 1.37 bits per heavy atom. The number of anilines is 2. The molecule has 1 aliphatic heterocycles. The van der Waals surface area contributed by atoms with Crippen LogP contribution in [0, 0.1) is 17.1 Å². The fourth-order valence-electron chi connectivity index (χ4n) is 2.87. The summed E-state index contributed by atoms with van der Waals surface area (Å²) in [5.41, 5.74) is 0.0472. The van der Waals surface area contributed by atoms with Gasteiger partial charge in [0, 0.05) is 32.0 Å². The molecule has 2 aromatic heterocycles. The number of nitriles is 1. The van der Waals surface area contributed by atoms with Crippen LogP contribution in [0.15, 0.2) is 18.6 Å². The molecule has 30 heavy (non-hydrogen) atoms. The summed E-state index contributed by atoms with van der Waals surface area (Å²) < 4.78 is 25.1. The molecule has 2 aromatic rings. The van der Waals surface area contributed by atoms with Crippen molar-refractivity contribution in [2.45, 2.75) is 38.9 Å². The van der Waals surface area contributed by atoms with E-state index in [4.69, 9.17) is 21.1 Å². The van der Waals surface area contributed by atoms with Crippen molar-refractivity contribution in [2.24, 2.45) is 0 Å². The molecule has 0 bridgehead atoms. The van der Waals surface area contributed by atoms with Crippen LogP contribution in [-0.2, 0) is 4.74 Å². The van der Waals surface area contributed by atoms with E-state index in [0.29, 0.717) is 25.9 Å². The minimum absolute atomic E-state index is 0.00823. The van der Waals surface area contributed by atoms with Gasteiger partial charge in [0.25, 0.3) is 0 Å². The molecule has 0 spiro atoms. The van der Waals surface area contributed by atoms with Gasteiger partial charge in [0.05, 0.1) is 18.0 Å². The molecule has 9 nitrogen and oxygen atoms in total. The largest absolute Gasteiger partial charge is 0.473 e. The van der Waals surface area contributed by atoms with Crippen molar-refractivity contribution in [1.29, 1.82) is 5.26 Å². The maximum absolute atomic E-state index is 14.0. The molecule has 1 aliphatic rings. The Kier molecular flexibility index (Phi) is 6.84. The third-order valence-electron chi connectivity index (χ3n) is 4.31. The molecule has 1 saturated heterocycles. The average Bonchev–Trinajstić information content (AvgIpc) is 2.70. The zero-order valence-electron chi connectivity index (χ0n) is 16.4. The molecule has 3 heterocycles. The quantitative estimate of drug-likeness (QED) is 0.709. The maximum atomic E-state index is 14.0. The number of nitrogens with zero attached hydrogens (tertiary/aromatic N) is 5. The monoisotopic (exact) mass is 434 g/mol. The summed E-state index contributed by atoms with van der Waals surface area (Å²) in [6, 6.07) is 3.04. The number of aromatic nitrogens is 3. The fourth-order valence-corrected chi connectivity index (χ4v) is 3.02. The van der Waals surface area contributed by atoms with Gasteiger partial charge in [-0.25, -0.2) is 24.1 Å². The zero-order chi connectivity index (χ0) is 21.7. The number of nitrogens with one attached hydrogen (secondary N) is 1. The van der Waals surface area contributed by atoms with Crippen LogP contribution in [0.25, 0.3) is 0 Å². The summed E-state index contributed by atoms with van der Waals surface area (Å²) in [5.74, 6) is -0.468. The fraction of sp³-hybridized carbons (Fsp3) is 0.421. The summed E-state index contributed by atoms with van der Waals surface area (Å²) in [4.78, 5) is 25.5. The van der Waals surface area contributed by atoms with Crippen molar-refractivity contribution < 1.29 is 18.7 Å². The van der Waals surface area contributed by atoms with E-state index >= 15 is 0 Å². The molecule has 1 amide bonds. The van der Waals surface area contributed by atoms with Crippen molar-refractivity contribution in [2.75, 3.05) is 18.4 Å². The Bertz CT molecular complexity index is 960. The Morgan fingerprint density at radius 2 is 2.10 bits per heavy atom. The van der Waals surface area contributed by atoms with Crippen LogP contribution in [-0.4, -0.2) is 51.2 Å². The minimum Gasteiger partial charge on any atom is -0.473 e. The number of halogens is 2. The molecule has 1 N–H and O–H groups in total. The average molecular weight is 435 g/mol. The lowest BCUT2D eigenvalue weighted by Gasteiger charge is -2.31. The SMILES string of the molecule is CC(C)OC(=O)N1CCC(Oc2ncnc(Nc3cnc(Cl)cc3F)c2C#N)CC1. The number of carbonyl (C=O) groups is 1. The molecule has 1 fully saturated rings. The molecule has 0 atom stereocenters. The number of rotatable bonds is 5. The number of piperidine rings is 1. The summed E-state index contributed by atoms with van der Waals surface area (Å²) in [6.07, 6.45) is 2.76. The van der Waals surface area contributed by atoms with E-state index in [1.54, 1.807) is 18.7 Å². The van der Waals surface area contributed by atoms with Gasteiger partial charge >= 0.3 is 6.09 Å².